The van der Waals surface area contributed by atoms with Crippen LogP contribution in [0.2, 0.25) is 0 Å². The monoisotopic (exact) mass is 423 g/mol. The van der Waals surface area contributed by atoms with Crippen molar-refractivity contribution in [2.45, 2.75) is 51.9 Å². The molecule has 3 aromatic rings. The zero-order chi connectivity index (χ0) is 21.7. The molecular weight excluding hydrogens is 398 g/mol. The molecule has 1 fully saturated rings. The highest BCUT2D eigenvalue weighted by Crippen LogP contribution is 2.35. The van der Waals surface area contributed by atoms with E-state index in [2.05, 4.69) is 0 Å². The number of furan rings is 1. The topological polar surface area (TPSA) is 101 Å². The van der Waals surface area contributed by atoms with Crippen molar-refractivity contribution in [2.24, 2.45) is 5.92 Å². The molecule has 1 amide bonds. The molecular formula is C24H25NO6. The van der Waals surface area contributed by atoms with Gasteiger partial charge in [0.1, 0.15) is 16.9 Å². The van der Waals surface area contributed by atoms with Crippen LogP contribution in [0.4, 0.5) is 0 Å². The van der Waals surface area contributed by atoms with Gasteiger partial charge in [-0.1, -0.05) is 0 Å². The summed E-state index contributed by atoms with van der Waals surface area (Å²) in [5.41, 5.74) is 3.08. The van der Waals surface area contributed by atoms with Crippen molar-refractivity contribution in [3.05, 3.63) is 45.0 Å². The second-order valence-corrected chi connectivity index (χ2v) is 8.72. The van der Waals surface area contributed by atoms with Crippen molar-refractivity contribution in [2.75, 3.05) is 13.1 Å². The van der Waals surface area contributed by atoms with Gasteiger partial charge in [0.2, 0.25) is 5.91 Å². The minimum atomic E-state index is -0.814. The van der Waals surface area contributed by atoms with Gasteiger partial charge in [-0.3, -0.25) is 9.59 Å². The van der Waals surface area contributed by atoms with E-state index in [0.29, 0.717) is 37.1 Å². The average molecular weight is 423 g/mol. The molecule has 0 radical (unpaired) electrons. The number of piperidine rings is 1. The Bertz CT molecular complexity index is 1260. The second kappa shape index (κ2) is 7.55. The number of aryl methyl sites for hydroxylation is 3. The van der Waals surface area contributed by atoms with Crippen molar-refractivity contribution >= 4 is 33.8 Å². The number of carbonyl (C=O) groups excluding carboxylic acids is 1. The van der Waals surface area contributed by atoms with Gasteiger partial charge >= 0.3 is 11.6 Å². The molecule has 1 N–H and O–H groups in total. The van der Waals surface area contributed by atoms with Gasteiger partial charge in [0, 0.05) is 41.9 Å². The summed E-state index contributed by atoms with van der Waals surface area (Å²) in [5.74, 6) is -0.359. The molecule has 5 rings (SSSR count). The number of nitrogens with zero attached hydrogens (tertiary/aromatic N) is 1. The van der Waals surface area contributed by atoms with Gasteiger partial charge in [-0.25, -0.2) is 4.79 Å². The molecule has 1 aromatic carbocycles. The number of amides is 1. The van der Waals surface area contributed by atoms with E-state index in [4.69, 9.17) is 13.9 Å². The number of carbonyl (C=O) groups is 2. The van der Waals surface area contributed by atoms with Crippen LogP contribution in [0.15, 0.2) is 25.8 Å². The number of likely N-dealkylation sites (tertiary alicyclic amines) is 1. The average Bonchev–Trinajstić information content (AvgIpc) is 3.13. The number of benzene rings is 1. The highest BCUT2D eigenvalue weighted by Gasteiger charge is 2.28. The summed E-state index contributed by atoms with van der Waals surface area (Å²) in [7, 11) is 0. The quantitative estimate of drug-likeness (QED) is 0.646. The molecule has 0 bridgehead atoms. The van der Waals surface area contributed by atoms with Crippen LogP contribution < -0.4 is 5.63 Å². The lowest BCUT2D eigenvalue weighted by molar-refractivity contribution is -0.145. The molecule has 1 saturated heterocycles. The molecule has 7 heteroatoms. The fourth-order valence-electron chi connectivity index (χ4n) is 4.99. The first-order valence-corrected chi connectivity index (χ1v) is 10.9. The van der Waals surface area contributed by atoms with Gasteiger partial charge in [0.15, 0.2) is 0 Å². The maximum absolute atomic E-state index is 12.8. The third kappa shape index (κ3) is 3.42. The third-order valence-corrected chi connectivity index (χ3v) is 6.89. The van der Waals surface area contributed by atoms with E-state index >= 15 is 0 Å². The number of hydrogen-bond donors (Lipinski definition) is 1. The number of rotatable bonds is 3. The molecule has 1 aliphatic heterocycles. The number of carboxylic acids is 1. The van der Waals surface area contributed by atoms with Crippen LogP contribution in [-0.2, 0) is 28.9 Å². The van der Waals surface area contributed by atoms with E-state index in [0.717, 1.165) is 53.4 Å². The minimum Gasteiger partial charge on any atom is -0.481 e. The van der Waals surface area contributed by atoms with E-state index < -0.39 is 17.5 Å². The molecule has 162 valence electrons. The fraction of sp³-hybridized carbons (Fsp3) is 0.458. The van der Waals surface area contributed by atoms with Gasteiger partial charge in [-0.15, -0.1) is 0 Å². The van der Waals surface area contributed by atoms with Crippen LogP contribution in [0, 0.1) is 12.8 Å². The Balaban J connectivity index is 1.47. The van der Waals surface area contributed by atoms with Crippen LogP contribution in [0.5, 0.6) is 0 Å². The lowest BCUT2D eigenvalue weighted by atomic mass is 9.94. The molecule has 0 spiro atoms. The highest BCUT2D eigenvalue weighted by molar-refractivity contribution is 5.97. The summed E-state index contributed by atoms with van der Waals surface area (Å²) in [6.07, 6.45) is 5.02. The Hall–Kier alpha value is -3.09. The lowest BCUT2D eigenvalue weighted by Crippen LogP contribution is -2.41. The maximum Gasteiger partial charge on any atom is 0.340 e. The van der Waals surface area contributed by atoms with Crippen LogP contribution >= 0.6 is 0 Å². The van der Waals surface area contributed by atoms with Gasteiger partial charge in [-0.2, -0.15) is 0 Å². The minimum absolute atomic E-state index is 0.0383. The number of hydrogen-bond acceptors (Lipinski definition) is 5. The molecule has 2 aliphatic rings. The van der Waals surface area contributed by atoms with Crippen LogP contribution in [0.3, 0.4) is 0 Å². The lowest BCUT2D eigenvalue weighted by Gasteiger charge is -2.30. The molecule has 0 saturated carbocycles. The molecule has 31 heavy (non-hydrogen) atoms. The zero-order valence-corrected chi connectivity index (χ0v) is 17.5. The number of aliphatic carboxylic acids is 1. The Morgan fingerprint density at radius 2 is 1.77 bits per heavy atom. The summed E-state index contributed by atoms with van der Waals surface area (Å²) in [6.45, 7) is 2.65. The predicted octanol–water partition coefficient (Wildman–Crippen LogP) is 3.59. The molecule has 1 aliphatic carbocycles. The molecule has 3 heterocycles. The van der Waals surface area contributed by atoms with Crippen molar-refractivity contribution in [3.63, 3.8) is 0 Å². The van der Waals surface area contributed by atoms with Gasteiger partial charge in [0.05, 0.1) is 17.9 Å². The summed E-state index contributed by atoms with van der Waals surface area (Å²) in [6, 6.07) is 3.82. The zero-order valence-electron chi connectivity index (χ0n) is 17.5. The maximum atomic E-state index is 12.8. The summed E-state index contributed by atoms with van der Waals surface area (Å²) in [5, 5.41) is 11.0. The van der Waals surface area contributed by atoms with Gasteiger partial charge in [-0.05, 0) is 50.7 Å². The van der Waals surface area contributed by atoms with Crippen molar-refractivity contribution in [3.8, 4) is 0 Å². The van der Waals surface area contributed by atoms with Crippen LogP contribution in [0.1, 0.15) is 48.1 Å². The summed E-state index contributed by atoms with van der Waals surface area (Å²) in [4.78, 5) is 38.3. The first-order chi connectivity index (χ1) is 14.9. The first-order valence-electron chi connectivity index (χ1n) is 10.9. The third-order valence-electron chi connectivity index (χ3n) is 6.89. The van der Waals surface area contributed by atoms with E-state index in [1.54, 1.807) is 11.0 Å². The largest absolute Gasteiger partial charge is 0.481 e. The Labute approximate surface area is 178 Å². The smallest absolute Gasteiger partial charge is 0.340 e. The number of carboxylic acid groups (broad SMARTS) is 1. The summed E-state index contributed by atoms with van der Waals surface area (Å²) < 4.78 is 11.6. The molecule has 0 atom stereocenters. The SMILES string of the molecule is Cc1c(CC(=O)N2CCC(C(=O)O)CC2)c(=O)oc2cc3oc4c(c3cc12)CCCC4. The summed E-state index contributed by atoms with van der Waals surface area (Å²) >= 11 is 0. The highest BCUT2D eigenvalue weighted by atomic mass is 16.4. The van der Waals surface area contributed by atoms with E-state index in [1.807, 2.05) is 13.0 Å². The first kappa shape index (κ1) is 19.8. The Kier molecular flexibility index (Phi) is 4.84. The fourth-order valence-corrected chi connectivity index (χ4v) is 4.99. The Morgan fingerprint density at radius 1 is 1.06 bits per heavy atom. The van der Waals surface area contributed by atoms with Gasteiger partial charge in [0.25, 0.3) is 0 Å². The normalized spacial score (nSPS) is 17.3. The molecule has 2 aromatic heterocycles. The second-order valence-electron chi connectivity index (χ2n) is 8.72. The van der Waals surface area contributed by atoms with Crippen LogP contribution in [-0.4, -0.2) is 35.0 Å². The van der Waals surface area contributed by atoms with Crippen molar-refractivity contribution in [1.82, 2.24) is 4.90 Å². The van der Waals surface area contributed by atoms with E-state index in [-0.39, 0.29) is 12.3 Å². The van der Waals surface area contributed by atoms with Crippen molar-refractivity contribution in [1.29, 1.82) is 0 Å². The van der Waals surface area contributed by atoms with Gasteiger partial charge < -0.3 is 18.8 Å². The molecule has 7 nitrogen and oxygen atoms in total. The molecule has 0 unspecified atom stereocenters. The van der Waals surface area contributed by atoms with Crippen LogP contribution in [0.25, 0.3) is 21.9 Å². The Morgan fingerprint density at radius 3 is 2.52 bits per heavy atom. The standard InChI is InChI=1S/C24H25NO6/c1-13-16-10-18-15-4-2-3-5-19(15)30-21(18)12-20(16)31-24(29)17(13)11-22(26)25-8-6-14(7-9-25)23(27)28/h10,12,14H,2-9,11H2,1H3,(H,27,28). The van der Waals surface area contributed by atoms with E-state index in [1.165, 1.54) is 5.56 Å². The van der Waals surface area contributed by atoms with E-state index in [9.17, 15) is 14.4 Å². The number of fused-ring (bicyclic) bond motifs is 4. The van der Waals surface area contributed by atoms with Crippen molar-refractivity contribution < 1.29 is 23.5 Å². The predicted molar refractivity (Wildman–Crippen MR) is 114 cm³/mol.